The number of hydrogen-bond donors (Lipinski definition) is 2. The largest absolute Gasteiger partial charge is 0.393 e. The van der Waals surface area contributed by atoms with Gasteiger partial charge in [0.05, 0.1) is 6.10 Å². The van der Waals surface area contributed by atoms with E-state index in [1.165, 1.54) is 12.8 Å². The van der Waals surface area contributed by atoms with Crippen LogP contribution in [0.1, 0.15) is 47.0 Å². The number of aliphatic hydroxyl groups is 1. The van der Waals surface area contributed by atoms with Crippen molar-refractivity contribution in [1.82, 2.24) is 10.2 Å². The van der Waals surface area contributed by atoms with Crippen molar-refractivity contribution < 1.29 is 9.90 Å². The molecule has 4 nitrogen and oxygen atoms in total. The zero-order valence-corrected chi connectivity index (χ0v) is 12.4. The first kappa shape index (κ1) is 15.3. The summed E-state index contributed by atoms with van der Waals surface area (Å²) in [5.74, 6) is 0.686. The Morgan fingerprint density at radius 3 is 2.44 bits per heavy atom. The standard InChI is InChI=1S/C14H28N2O2/c1-10(17)8-14(3,4)9-15-13(18)16(5)11(2)12-6-7-12/h10-12,17H,6-9H2,1-5H3,(H,15,18). The van der Waals surface area contributed by atoms with Crippen LogP contribution in [0.15, 0.2) is 0 Å². The summed E-state index contributed by atoms with van der Waals surface area (Å²) < 4.78 is 0. The van der Waals surface area contributed by atoms with Gasteiger partial charge in [0.2, 0.25) is 0 Å². The minimum absolute atomic E-state index is 0.00642. The summed E-state index contributed by atoms with van der Waals surface area (Å²) in [4.78, 5) is 13.8. The molecule has 1 fully saturated rings. The number of amides is 2. The summed E-state index contributed by atoms with van der Waals surface area (Å²) in [6.07, 6.45) is 2.84. The van der Waals surface area contributed by atoms with Crippen LogP contribution in [0, 0.1) is 11.3 Å². The van der Waals surface area contributed by atoms with Crippen LogP contribution >= 0.6 is 0 Å². The molecule has 1 aliphatic rings. The average Bonchev–Trinajstić information content (AvgIpc) is 3.05. The van der Waals surface area contributed by atoms with E-state index in [0.29, 0.717) is 24.9 Å². The highest BCUT2D eigenvalue weighted by Gasteiger charge is 2.32. The number of nitrogens with one attached hydrogen (secondary N) is 1. The van der Waals surface area contributed by atoms with Gasteiger partial charge in [-0.25, -0.2) is 4.79 Å². The molecule has 1 aliphatic carbocycles. The Labute approximate surface area is 111 Å². The smallest absolute Gasteiger partial charge is 0.317 e. The highest BCUT2D eigenvalue weighted by Crippen LogP contribution is 2.34. The number of urea groups is 1. The zero-order chi connectivity index (χ0) is 13.9. The molecule has 4 heteroatoms. The van der Waals surface area contributed by atoms with Gasteiger partial charge in [0.1, 0.15) is 0 Å². The molecule has 0 bridgehead atoms. The van der Waals surface area contributed by atoms with Gasteiger partial charge >= 0.3 is 6.03 Å². The van der Waals surface area contributed by atoms with Crippen LogP contribution in [-0.4, -0.2) is 41.8 Å². The molecular weight excluding hydrogens is 228 g/mol. The van der Waals surface area contributed by atoms with E-state index in [2.05, 4.69) is 26.1 Å². The topological polar surface area (TPSA) is 52.6 Å². The Hall–Kier alpha value is -0.770. The van der Waals surface area contributed by atoms with E-state index < -0.39 is 0 Å². The molecule has 0 spiro atoms. The quantitative estimate of drug-likeness (QED) is 0.765. The van der Waals surface area contributed by atoms with Crippen LogP contribution in [0.2, 0.25) is 0 Å². The molecule has 0 radical (unpaired) electrons. The summed E-state index contributed by atoms with van der Waals surface area (Å²) in [5.41, 5.74) is -0.0759. The SMILES string of the molecule is CC(O)CC(C)(C)CNC(=O)N(C)C(C)C1CC1. The molecule has 106 valence electrons. The third kappa shape index (κ3) is 4.84. The summed E-state index contributed by atoms with van der Waals surface area (Å²) in [6, 6.07) is 0.318. The maximum Gasteiger partial charge on any atom is 0.317 e. The third-order valence-corrected chi connectivity index (χ3v) is 3.80. The third-order valence-electron chi connectivity index (χ3n) is 3.80. The second kappa shape index (κ2) is 5.91. The predicted molar refractivity (Wildman–Crippen MR) is 73.4 cm³/mol. The Morgan fingerprint density at radius 1 is 1.44 bits per heavy atom. The van der Waals surface area contributed by atoms with Crippen molar-refractivity contribution in [2.45, 2.75) is 59.1 Å². The lowest BCUT2D eigenvalue weighted by Gasteiger charge is -2.30. The second-order valence-corrected chi connectivity index (χ2v) is 6.57. The molecule has 2 amide bonds. The Bertz CT molecular complexity index is 286. The average molecular weight is 256 g/mol. The number of carbonyl (C=O) groups excluding carboxylic acids is 1. The number of hydrogen-bond acceptors (Lipinski definition) is 2. The highest BCUT2D eigenvalue weighted by atomic mass is 16.3. The fourth-order valence-electron chi connectivity index (χ4n) is 2.39. The summed E-state index contributed by atoms with van der Waals surface area (Å²) in [5, 5.41) is 12.4. The van der Waals surface area contributed by atoms with Gasteiger partial charge in [0.25, 0.3) is 0 Å². The first-order chi connectivity index (χ1) is 8.23. The number of rotatable bonds is 6. The Morgan fingerprint density at radius 2 is 2.00 bits per heavy atom. The van der Waals surface area contributed by atoms with Gasteiger partial charge in [-0.2, -0.15) is 0 Å². The molecule has 0 aliphatic heterocycles. The van der Waals surface area contributed by atoms with Gasteiger partial charge in [-0.15, -0.1) is 0 Å². The van der Waals surface area contributed by atoms with Crippen molar-refractivity contribution in [3.63, 3.8) is 0 Å². The molecular formula is C14H28N2O2. The molecule has 1 rings (SSSR count). The van der Waals surface area contributed by atoms with Crippen LogP contribution < -0.4 is 5.32 Å². The summed E-state index contributed by atoms with van der Waals surface area (Å²) >= 11 is 0. The van der Waals surface area contributed by atoms with Crippen molar-refractivity contribution in [3.05, 3.63) is 0 Å². The van der Waals surface area contributed by atoms with Gasteiger partial charge in [-0.05, 0) is 44.4 Å². The molecule has 0 aromatic carbocycles. The van der Waals surface area contributed by atoms with Gasteiger partial charge in [0.15, 0.2) is 0 Å². The highest BCUT2D eigenvalue weighted by molar-refractivity contribution is 5.74. The summed E-state index contributed by atoms with van der Waals surface area (Å²) in [6.45, 7) is 8.61. The van der Waals surface area contributed by atoms with Gasteiger partial charge < -0.3 is 15.3 Å². The van der Waals surface area contributed by atoms with Crippen molar-refractivity contribution in [2.24, 2.45) is 11.3 Å². The van der Waals surface area contributed by atoms with Crippen LogP contribution in [-0.2, 0) is 0 Å². The van der Waals surface area contributed by atoms with E-state index in [1.54, 1.807) is 11.8 Å². The maximum atomic E-state index is 12.0. The van der Waals surface area contributed by atoms with Gasteiger partial charge in [-0.3, -0.25) is 0 Å². The van der Waals surface area contributed by atoms with Crippen LogP contribution in [0.5, 0.6) is 0 Å². The number of nitrogens with zero attached hydrogens (tertiary/aromatic N) is 1. The minimum Gasteiger partial charge on any atom is -0.393 e. The number of aliphatic hydroxyl groups excluding tert-OH is 1. The van der Waals surface area contributed by atoms with E-state index >= 15 is 0 Å². The lowest BCUT2D eigenvalue weighted by Crippen LogP contribution is -2.46. The monoisotopic (exact) mass is 256 g/mol. The van der Waals surface area contributed by atoms with Gasteiger partial charge in [-0.1, -0.05) is 13.8 Å². The molecule has 0 saturated heterocycles. The Balaban J connectivity index is 2.35. The van der Waals surface area contributed by atoms with Gasteiger partial charge in [0, 0.05) is 19.6 Å². The molecule has 0 aromatic heterocycles. The molecule has 2 atom stereocenters. The second-order valence-electron chi connectivity index (χ2n) is 6.57. The van der Waals surface area contributed by atoms with Crippen molar-refractivity contribution in [2.75, 3.05) is 13.6 Å². The van der Waals surface area contributed by atoms with E-state index in [1.807, 2.05) is 7.05 Å². The fraction of sp³-hybridized carbons (Fsp3) is 0.929. The first-order valence-electron chi connectivity index (χ1n) is 6.91. The van der Waals surface area contributed by atoms with E-state index in [0.717, 1.165) is 0 Å². The normalized spacial score (nSPS) is 19.2. The maximum absolute atomic E-state index is 12.0. The lowest BCUT2D eigenvalue weighted by molar-refractivity contribution is 0.126. The van der Waals surface area contributed by atoms with E-state index in [-0.39, 0.29) is 17.6 Å². The zero-order valence-electron chi connectivity index (χ0n) is 12.4. The Kier molecular flexibility index (Phi) is 5.02. The summed E-state index contributed by atoms with van der Waals surface area (Å²) in [7, 11) is 1.86. The van der Waals surface area contributed by atoms with E-state index in [9.17, 15) is 9.90 Å². The molecule has 2 unspecified atom stereocenters. The molecule has 1 saturated carbocycles. The minimum atomic E-state index is -0.333. The van der Waals surface area contributed by atoms with Crippen molar-refractivity contribution in [3.8, 4) is 0 Å². The lowest BCUT2D eigenvalue weighted by atomic mass is 9.87. The van der Waals surface area contributed by atoms with Crippen LogP contribution in [0.4, 0.5) is 4.79 Å². The van der Waals surface area contributed by atoms with Crippen LogP contribution in [0.25, 0.3) is 0 Å². The van der Waals surface area contributed by atoms with Crippen molar-refractivity contribution >= 4 is 6.03 Å². The molecule has 18 heavy (non-hydrogen) atoms. The predicted octanol–water partition coefficient (Wildman–Crippen LogP) is 2.22. The molecule has 0 aromatic rings. The molecule has 0 heterocycles. The molecule has 2 N–H and O–H groups in total. The number of carbonyl (C=O) groups is 1. The first-order valence-corrected chi connectivity index (χ1v) is 6.91. The van der Waals surface area contributed by atoms with Crippen LogP contribution in [0.3, 0.4) is 0 Å². The fourth-order valence-corrected chi connectivity index (χ4v) is 2.39. The van der Waals surface area contributed by atoms with Crippen molar-refractivity contribution in [1.29, 1.82) is 0 Å². The van der Waals surface area contributed by atoms with E-state index in [4.69, 9.17) is 0 Å².